The van der Waals surface area contributed by atoms with Gasteiger partial charge in [-0.1, -0.05) is 6.07 Å². The lowest BCUT2D eigenvalue weighted by Gasteiger charge is -1.95. The minimum atomic E-state index is 0.489. The predicted octanol–water partition coefficient (Wildman–Crippen LogP) is 1.53. The number of rotatable bonds is 4. The molecule has 0 saturated heterocycles. The first-order valence-corrected chi connectivity index (χ1v) is 4.77. The van der Waals surface area contributed by atoms with E-state index >= 15 is 0 Å². The summed E-state index contributed by atoms with van der Waals surface area (Å²) in [6, 6.07) is 5.74. The third-order valence-electron chi connectivity index (χ3n) is 2.07. The van der Waals surface area contributed by atoms with Crippen LogP contribution in [0.5, 0.6) is 0 Å². The fourth-order valence-electron chi connectivity index (χ4n) is 1.34. The number of carbonyl (C=O) groups is 1. The number of aldehydes is 1. The van der Waals surface area contributed by atoms with Gasteiger partial charge < -0.3 is 4.79 Å². The van der Waals surface area contributed by atoms with E-state index in [-0.39, 0.29) is 0 Å². The lowest BCUT2D eigenvalue weighted by Crippen LogP contribution is -1.97. The van der Waals surface area contributed by atoms with E-state index in [4.69, 9.17) is 0 Å². The summed E-state index contributed by atoms with van der Waals surface area (Å²) < 4.78 is 1.75. The average molecular weight is 201 g/mol. The van der Waals surface area contributed by atoms with Gasteiger partial charge >= 0.3 is 0 Å². The minimum absolute atomic E-state index is 0.489. The normalized spacial score (nSPS) is 10.1. The van der Waals surface area contributed by atoms with Gasteiger partial charge in [0, 0.05) is 30.9 Å². The Balaban J connectivity index is 2.17. The van der Waals surface area contributed by atoms with Crippen LogP contribution in [-0.4, -0.2) is 21.1 Å². The van der Waals surface area contributed by atoms with E-state index < -0.39 is 0 Å². The van der Waals surface area contributed by atoms with Crippen LogP contribution in [0.15, 0.2) is 36.8 Å². The minimum Gasteiger partial charge on any atom is -0.303 e. The smallest absolute Gasteiger partial charge is 0.121 e. The fourth-order valence-corrected chi connectivity index (χ4v) is 1.34. The molecule has 0 fully saturated rings. The van der Waals surface area contributed by atoms with Crippen LogP contribution >= 0.6 is 0 Å². The molecule has 0 amide bonds. The van der Waals surface area contributed by atoms with Crippen molar-refractivity contribution in [2.45, 2.75) is 13.0 Å². The van der Waals surface area contributed by atoms with Crippen LogP contribution in [0.25, 0.3) is 11.3 Å². The molecule has 2 aromatic heterocycles. The molecule has 0 N–H and O–H groups in total. The molecule has 2 heterocycles. The van der Waals surface area contributed by atoms with E-state index in [9.17, 15) is 4.79 Å². The Morgan fingerprint density at radius 1 is 1.40 bits per heavy atom. The Morgan fingerprint density at radius 2 is 2.33 bits per heavy atom. The largest absolute Gasteiger partial charge is 0.303 e. The number of aryl methyl sites for hydroxylation is 1. The van der Waals surface area contributed by atoms with E-state index in [2.05, 4.69) is 10.1 Å². The molecule has 4 heteroatoms. The van der Waals surface area contributed by atoms with Crippen molar-refractivity contribution in [3.63, 3.8) is 0 Å². The van der Waals surface area contributed by atoms with Crippen LogP contribution in [0.1, 0.15) is 6.42 Å². The molecule has 0 aliphatic heterocycles. The van der Waals surface area contributed by atoms with Crippen molar-refractivity contribution in [3.05, 3.63) is 36.8 Å². The van der Waals surface area contributed by atoms with Gasteiger partial charge in [0.15, 0.2) is 0 Å². The molecule has 0 bridgehead atoms. The maximum absolute atomic E-state index is 10.2. The lowest BCUT2D eigenvalue weighted by atomic mass is 10.2. The zero-order valence-electron chi connectivity index (χ0n) is 8.21. The zero-order valence-corrected chi connectivity index (χ0v) is 8.21. The van der Waals surface area contributed by atoms with Gasteiger partial charge in [0.25, 0.3) is 0 Å². The van der Waals surface area contributed by atoms with Crippen molar-refractivity contribution in [3.8, 4) is 11.3 Å². The first-order chi connectivity index (χ1) is 7.40. The van der Waals surface area contributed by atoms with Crippen LogP contribution in [-0.2, 0) is 11.3 Å². The van der Waals surface area contributed by atoms with Crippen LogP contribution in [0.3, 0.4) is 0 Å². The molecule has 15 heavy (non-hydrogen) atoms. The molecule has 0 atom stereocenters. The van der Waals surface area contributed by atoms with Gasteiger partial charge in [0.2, 0.25) is 0 Å². The van der Waals surface area contributed by atoms with Gasteiger partial charge in [-0.3, -0.25) is 9.67 Å². The molecule has 0 unspecified atom stereocenters. The zero-order chi connectivity index (χ0) is 10.5. The summed E-state index contributed by atoms with van der Waals surface area (Å²) in [4.78, 5) is 14.4. The molecule has 76 valence electrons. The van der Waals surface area contributed by atoms with Crippen molar-refractivity contribution < 1.29 is 4.79 Å². The van der Waals surface area contributed by atoms with Crippen LogP contribution in [0, 0.1) is 0 Å². The fraction of sp³-hybridized carbons (Fsp3) is 0.182. The van der Waals surface area contributed by atoms with E-state index in [1.807, 2.05) is 24.4 Å². The summed E-state index contributed by atoms with van der Waals surface area (Å²) in [6.07, 6.45) is 6.78. The third kappa shape index (κ3) is 2.28. The molecule has 2 rings (SSSR count). The quantitative estimate of drug-likeness (QED) is 0.705. The maximum Gasteiger partial charge on any atom is 0.121 e. The Kier molecular flexibility index (Phi) is 2.88. The second-order valence-electron chi connectivity index (χ2n) is 3.16. The maximum atomic E-state index is 10.2. The molecule has 0 aromatic carbocycles. The summed E-state index contributed by atoms with van der Waals surface area (Å²) >= 11 is 0. The topological polar surface area (TPSA) is 47.8 Å². The third-order valence-corrected chi connectivity index (χ3v) is 2.07. The van der Waals surface area contributed by atoms with Gasteiger partial charge in [-0.25, -0.2) is 0 Å². The van der Waals surface area contributed by atoms with Crippen LogP contribution < -0.4 is 0 Å². The van der Waals surface area contributed by atoms with Gasteiger partial charge in [-0.2, -0.15) is 5.10 Å². The van der Waals surface area contributed by atoms with Gasteiger partial charge in [-0.15, -0.1) is 0 Å². The number of pyridine rings is 1. The van der Waals surface area contributed by atoms with Crippen molar-refractivity contribution >= 4 is 6.29 Å². The highest BCUT2D eigenvalue weighted by Gasteiger charge is 2.01. The Bertz CT molecular complexity index is 436. The molecule has 0 aliphatic rings. The number of hydrogen-bond acceptors (Lipinski definition) is 3. The van der Waals surface area contributed by atoms with Gasteiger partial charge in [0.05, 0.1) is 11.9 Å². The Hall–Kier alpha value is -1.97. The summed E-state index contributed by atoms with van der Waals surface area (Å²) in [5.74, 6) is 0. The molecule has 0 radical (unpaired) electrons. The molecular formula is C11H11N3O. The monoisotopic (exact) mass is 201 g/mol. The molecule has 0 spiro atoms. The summed E-state index contributed by atoms with van der Waals surface area (Å²) in [5, 5.41) is 4.15. The van der Waals surface area contributed by atoms with E-state index in [1.54, 1.807) is 17.1 Å². The number of aromatic nitrogens is 3. The highest BCUT2D eigenvalue weighted by Crippen LogP contribution is 2.14. The standard InChI is InChI=1S/C11H11N3O/c15-7-3-6-14-9-10(8-13-14)11-4-1-2-5-12-11/h1-2,4-5,7-9H,3,6H2. The van der Waals surface area contributed by atoms with Crippen molar-refractivity contribution in [2.24, 2.45) is 0 Å². The van der Waals surface area contributed by atoms with Gasteiger partial charge in [-0.05, 0) is 12.1 Å². The SMILES string of the molecule is O=CCCn1cc(-c2ccccn2)cn1. The van der Waals surface area contributed by atoms with Crippen LogP contribution in [0.4, 0.5) is 0 Å². The van der Waals surface area contributed by atoms with Crippen molar-refractivity contribution in [2.75, 3.05) is 0 Å². The second-order valence-corrected chi connectivity index (χ2v) is 3.16. The first kappa shape index (κ1) is 9.58. The van der Waals surface area contributed by atoms with E-state index in [0.29, 0.717) is 13.0 Å². The first-order valence-electron chi connectivity index (χ1n) is 4.77. The number of carbonyl (C=O) groups excluding carboxylic acids is 1. The lowest BCUT2D eigenvalue weighted by molar-refractivity contribution is -0.108. The number of hydrogen-bond donors (Lipinski definition) is 0. The molecule has 0 saturated carbocycles. The highest BCUT2D eigenvalue weighted by molar-refractivity contribution is 5.56. The predicted molar refractivity (Wildman–Crippen MR) is 56.1 cm³/mol. The summed E-state index contributed by atoms with van der Waals surface area (Å²) in [5.41, 5.74) is 1.87. The van der Waals surface area contributed by atoms with E-state index in [0.717, 1.165) is 17.5 Å². The van der Waals surface area contributed by atoms with Gasteiger partial charge in [0.1, 0.15) is 6.29 Å². The number of nitrogens with zero attached hydrogens (tertiary/aromatic N) is 3. The molecule has 4 nitrogen and oxygen atoms in total. The van der Waals surface area contributed by atoms with Crippen molar-refractivity contribution in [1.82, 2.24) is 14.8 Å². The molecular weight excluding hydrogens is 190 g/mol. The van der Waals surface area contributed by atoms with Crippen LogP contribution in [0.2, 0.25) is 0 Å². The average Bonchev–Trinajstić information content (AvgIpc) is 2.76. The Morgan fingerprint density at radius 3 is 3.07 bits per heavy atom. The summed E-state index contributed by atoms with van der Waals surface area (Å²) in [7, 11) is 0. The summed E-state index contributed by atoms with van der Waals surface area (Å²) in [6.45, 7) is 0.621. The highest BCUT2D eigenvalue weighted by atomic mass is 16.1. The Labute approximate surface area is 87.6 Å². The van der Waals surface area contributed by atoms with Crippen molar-refractivity contribution in [1.29, 1.82) is 0 Å². The molecule has 2 aromatic rings. The second kappa shape index (κ2) is 4.50. The van der Waals surface area contributed by atoms with E-state index in [1.165, 1.54) is 0 Å². The molecule has 0 aliphatic carbocycles.